The van der Waals surface area contributed by atoms with Gasteiger partial charge in [0.2, 0.25) is 0 Å². The predicted octanol–water partition coefficient (Wildman–Crippen LogP) is 7.12. The summed E-state index contributed by atoms with van der Waals surface area (Å²) in [4.78, 5) is 0. The topological polar surface area (TPSA) is 0 Å². The second-order valence-electron chi connectivity index (χ2n) is 8.50. The molecule has 0 radical (unpaired) electrons. The maximum atomic E-state index is 14.4. The van der Waals surface area contributed by atoms with Crippen LogP contribution in [0.1, 0.15) is 81.8 Å². The highest BCUT2D eigenvalue weighted by molar-refractivity contribution is 5.25. The maximum Gasteiger partial charge on any atom is 0.261 e. The molecule has 0 N–H and O–H groups in total. The molecule has 0 nitrogen and oxygen atoms in total. The molecule has 0 aliphatic heterocycles. The molecule has 0 amide bonds. The number of hydrogen-bond donors (Lipinski definition) is 0. The van der Waals surface area contributed by atoms with Crippen molar-refractivity contribution in [2.75, 3.05) is 0 Å². The van der Waals surface area contributed by atoms with Crippen LogP contribution in [0.2, 0.25) is 0 Å². The summed E-state index contributed by atoms with van der Waals surface area (Å²) in [5.41, 5.74) is 2.71. The fourth-order valence-corrected chi connectivity index (χ4v) is 4.70. The molecule has 0 spiro atoms. The number of aryl methyl sites for hydroxylation is 1. The zero-order valence-corrected chi connectivity index (χ0v) is 16.2. The van der Waals surface area contributed by atoms with Crippen molar-refractivity contribution in [1.82, 2.24) is 0 Å². The first-order valence-corrected chi connectivity index (χ1v) is 10.4. The van der Waals surface area contributed by atoms with Gasteiger partial charge in [0.15, 0.2) is 0 Å². The Balaban J connectivity index is 1.53. The van der Waals surface area contributed by atoms with Crippen LogP contribution in [0.3, 0.4) is 0 Å². The molecule has 0 aromatic heterocycles. The Morgan fingerprint density at radius 1 is 0.962 bits per heavy atom. The number of halogens is 2. The first-order chi connectivity index (χ1) is 12.5. The van der Waals surface area contributed by atoms with Crippen molar-refractivity contribution in [3.63, 3.8) is 0 Å². The Kier molecular flexibility index (Phi) is 6.38. The van der Waals surface area contributed by atoms with E-state index in [-0.39, 0.29) is 12.3 Å². The van der Waals surface area contributed by atoms with Crippen molar-refractivity contribution in [1.29, 1.82) is 0 Å². The van der Waals surface area contributed by atoms with Crippen molar-refractivity contribution < 1.29 is 8.78 Å². The molecule has 3 rings (SSSR count). The number of benzene rings is 1. The first-order valence-electron chi connectivity index (χ1n) is 10.4. The van der Waals surface area contributed by atoms with Gasteiger partial charge in [0.1, 0.15) is 0 Å². The van der Waals surface area contributed by atoms with E-state index in [1.807, 2.05) is 0 Å². The summed E-state index contributed by atoms with van der Waals surface area (Å²) in [5.74, 6) is 4.05. The van der Waals surface area contributed by atoms with Crippen LogP contribution in [0.15, 0.2) is 24.3 Å². The predicted molar refractivity (Wildman–Crippen MR) is 104 cm³/mol. The summed E-state index contributed by atoms with van der Waals surface area (Å²) in [7, 11) is 0. The Labute approximate surface area is 157 Å². The van der Waals surface area contributed by atoms with Crippen LogP contribution in [0.4, 0.5) is 8.78 Å². The largest absolute Gasteiger partial charge is 0.261 e. The highest BCUT2D eigenvalue weighted by atomic mass is 19.3. The zero-order valence-electron chi connectivity index (χ0n) is 16.2. The van der Waals surface area contributed by atoms with Gasteiger partial charge < -0.3 is 0 Å². The third-order valence-electron chi connectivity index (χ3n) is 6.37. The molecule has 2 aliphatic carbocycles. The van der Waals surface area contributed by atoms with Gasteiger partial charge in [-0.05, 0) is 62.8 Å². The summed E-state index contributed by atoms with van der Waals surface area (Å²) in [6.45, 7) is 4.19. The zero-order chi connectivity index (χ0) is 18.6. The summed E-state index contributed by atoms with van der Waals surface area (Å²) < 4.78 is 28.8. The minimum atomic E-state index is -2.59. The third kappa shape index (κ3) is 4.87. The molecule has 1 aromatic carbocycles. The van der Waals surface area contributed by atoms with Gasteiger partial charge in [-0.2, -0.15) is 0 Å². The average Bonchev–Trinajstić information content (AvgIpc) is 2.62. The van der Waals surface area contributed by atoms with Crippen molar-refractivity contribution in [3.05, 3.63) is 35.4 Å². The molecule has 2 atom stereocenters. The van der Waals surface area contributed by atoms with Gasteiger partial charge in [0.05, 0.1) is 5.92 Å². The van der Waals surface area contributed by atoms with E-state index in [2.05, 4.69) is 50.0 Å². The van der Waals surface area contributed by atoms with Crippen molar-refractivity contribution in [2.45, 2.75) is 83.5 Å². The van der Waals surface area contributed by atoms with Gasteiger partial charge in [0.25, 0.3) is 5.92 Å². The molecule has 2 aliphatic rings. The van der Waals surface area contributed by atoms with E-state index in [4.69, 9.17) is 0 Å². The van der Waals surface area contributed by atoms with Gasteiger partial charge in [0, 0.05) is 12.3 Å². The van der Waals surface area contributed by atoms with E-state index in [0.29, 0.717) is 18.3 Å². The first kappa shape index (κ1) is 19.4. The minimum Gasteiger partial charge on any atom is -0.205 e. The molecule has 0 saturated heterocycles. The van der Waals surface area contributed by atoms with E-state index >= 15 is 0 Å². The molecule has 142 valence electrons. The van der Waals surface area contributed by atoms with E-state index in [1.54, 1.807) is 0 Å². The molecule has 2 unspecified atom stereocenters. The number of rotatable bonds is 3. The van der Waals surface area contributed by atoms with Crippen molar-refractivity contribution >= 4 is 0 Å². The van der Waals surface area contributed by atoms with Gasteiger partial charge in [-0.15, -0.1) is 0 Å². The van der Waals surface area contributed by atoms with Gasteiger partial charge in [-0.3, -0.25) is 0 Å². The van der Waals surface area contributed by atoms with Crippen molar-refractivity contribution in [3.8, 4) is 11.8 Å². The number of alkyl halides is 2. The van der Waals surface area contributed by atoms with Crippen LogP contribution in [0.5, 0.6) is 0 Å². The molecular weight excluding hydrogens is 326 g/mol. The lowest BCUT2D eigenvalue weighted by atomic mass is 9.76. The fourth-order valence-electron chi connectivity index (χ4n) is 4.70. The standard InChI is InChI=1S/C24H32F2/c1-3-4-20-10-16-23(24(25,26)17-20)15-9-19-7-13-22(14-8-19)21-11-5-18(2)6-12-21/h5-6,11-12,19-20,22-23H,3-4,7-8,10,13-14,16-17H2,1-2H3. The van der Waals surface area contributed by atoms with Crippen LogP contribution in [-0.2, 0) is 0 Å². The highest BCUT2D eigenvalue weighted by Crippen LogP contribution is 2.43. The molecule has 2 fully saturated rings. The Bertz CT molecular complexity index is 626. The minimum absolute atomic E-state index is 0.0420. The molecule has 1 aromatic rings. The summed E-state index contributed by atoms with van der Waals surface area (Å²) in [5, 5.41) is 0. The monoisotopic (exact) mass is 358 g/mol. The Hall–Kier alpha value is -1.36. The second-order valence-corrected chi connectivity index (χ2v) is 8.50. The lowest BCUT2D eigenvalue weighted by Crippen LogP contribution is -2.35. The van der Waals surface area contributed by atoms with Gasteiger partial charge in [-0.25, -0.2) is 8.78 Å². The molecule has 26 heavy (non-hydrogen) atoms. The van der Waals surface area contributed by atoms with Crippen LogP contribution < -0.4 is 0 Å². The van der Waals surface area contributed by atoms with Crippen LogP contribution in [0, 0.1) is 36.5 Å². The average molecular weight is 359 g/mol. The highest BCUT2D eigenvalue weighted by Gasteiger charge is 2.44. The van der Waals surface area contributed by atoms with Crippen LogP contribution in [0.25, 0.3) is 0 Å². The molecular formula is C24H32F2. The van der Waals surface area contributed by atoms with E-state index < -0.39 is 11.8 Å². The summed E-state index contributed by atoms with van der Waals surface area (Å²) in [6, 6.07) is 8.83. The molecule has 0 bridgehead atoms. The van der Waals surface area contributed by atoms with Crippen LogP contribution in [-0.4, -0.2) is 5.92 Å². The second kappa shape index (κ2) is 8.55. The molecule has 2 heteroatoms. The molecule has 2 saturated carbocycles. The van der Waals surface area contributed by atoms with E-state index in [1.165, 1.54) is 11.1 Å². The SMILES string of the molecule is CCCC1CCC(C#CC2CCC(c3ccc(C)cc3)CC2)C(F)(F)C1. The Morgan fingerprint density at radius 3 is 2.27 bits per heavy atom. The van der Waals surface area contributed by atoms with Crippen LogP contribution >= 0.6 is 0 Å². The van der Waals surface area contributed by atoms with Gasteiger partial charge in [-0.1, -0.05) is 61.4 Å². The lowest BCUT2D eigenvalue weighted by molar-refractivity contribution is -0.0825. The van der Waals surface area contributed by atoms with E-state index in [0.717, 1.165) is 44.9 Å². The maximum absolute atomic E-state index is 14.4. The summed E-state index contributed by atoms with van der Waals surface area (Å²) >= 11 is 0. The van der Waals surface area contributed by atoms with E-state index in [9.17, 15) is 8.78 Å². The van der Waals surface area contributed by atoms with Gasteiger partial charge >= 0.3 is 0 Å². The van der Waals surface area contributed by atoms with Crippen molar-refractivity contribution in [2.24, 2.45) is 17.8 Å². The fraction of sp³-hybridized carbons (Fsp3) is 0.667. The smallest absolute Gasteiger partial charge is 0.205 e. The summed E-state index contributed by atoms with van der Waals surface area (Å²) in [6.07, 6.45) is 7.81. The lowest BCUT2D eigenvalue weighted by Gasteiger charge is -2.33. The Morgan fingerprint density at radius 2 is 1.65 bits per heavy atom. The third-order valence-corrected chi connectivity index (χ3v) is 6.37. The quantitative estimate of drug-likeness (QED) is 0.504. The normalized spacial score (nSPS) is 31.1. The molecule has 0 heterocycles. The number of hydrogen-bond acceptors (Lipinski definition) is 0.